The second-order valence-corrected chi connectivity index (χ2v) is 9.55. The molecule has 8 nitrogen and oxygen atoms in total. The average Bonchev–Trinajstić information content (AvgIpc) is 3.26. The normalized spacial score (nSPS) is 22.8. The predicted octanol–water partition coefficient (Wildman–Crippen LogP) is 5.36. The van der Waals surface area contributed by atoms with Crippen molar-refractivity contribution in [1.29, 1.82) is 0 Å². The third kappa shape index (κ3) is 4.15. The van der Waals surface area contributed by atoms with E-state index in [0.717, 1.165) is 17.2 Å². The summed E-state index contributed by atoms with van der Waals surface area (Å²) in [5, 5.41) is 7.71. The van der Waals surface area contributed by atoms with Gasteiger partial charge in [0.25, 0.3) is 0 Å². The molecule has 3 atom stereocenters. The Morgan fingerprint density at radius 2 is 2.00 bits per heavy atom. The fourth-order valence-corrected chi connectivity index (χ4v) is 5.11. The van der Waals surface area contributed by atoms with E-state index >= 15 is 0 Å². The van der Waals surface area contributed by atoms with Crippen LogP contribution in [0.5, 0.6) is 17.2 Å². The number of alkyl halides is 3. The molecule has 0 radical (unpaired) electrons. The summed E-state index contributed by atoms with van der Waals surface area (Å²) in [5.41, 5.74) is -0.679. The molecule has 6 rings (SSSR count). The standard InChI is InChI=1S/C26H20F4N4O4/c1-25-21(22(25)34-24(36)32-14-9-12(26(28,29)30)8-13(27)10-14)17-11-15(2-4-19(17)38-25)37-18-6-7-31-23-16(18)3-5-20(35)33-23/h2,4,6-11,21-22H,3,5H2,1H3,(H,31,33,35)(H2,32,34,36)/t21-,22-,25?/m0/s1. The van der Waals surface area contributed by atoms with E-state index < -0.39 is 35.2 Å². The average molecular weight is 528 g/mol. The molecule has 3 aliphatic rings. The fraction of sp³-hybridized carbons (Fsp3) is 0.269. The Morgan fingerprint density at radius 3 is 2.79 bits per heavy atom. The molecule has 2 aromatic carbocycles. The van der Waals surface area contributed by atoms with Gasteiger partial charge < -0.3 is 25.4 Å². The highest BCUT2D eigenvalue weighted by Crippen LogP contribution is 2.62. The molecule has 196 valence electrons. The molecule has 1 saturated carbocycles. The maximum Gasteiger partial charge on any atom is 0.416 e. The number of nitrogens with one attached hydrogen (secondary N) is 3. The first-order valence-electron chi connectivity index (χ1n) is 11.7. The summed E-state index contributed by atoms with van der Waals surface area (Å²) >= 11 is 0. The minimum absolute atomic E-state index is 0.106. The number of rotatable bonds is 4. The smallest absolute Gasteiger partial charge is 0.416 e. The van der Waals surface area contributed by atoms with Crippen molar-refractivity contribution in [1.82, 2.24) is 10.3 Å². The van der Waals surface area contributed by atoms with E-state index in [1.807, 2.05) is 6.92 Å². The molecular weight excluding hydrogens is 508 g/mol. The number of urea groups is 1. The molecule has 3 amide bonds. The molecule has 3 heterocycles. The van der Waals surface area contributed by atoms with Crippen molar-refractivity contribution in [2.24, 2.45) is 0 Å². The molecule has 3 N–H and O–H groups in total. The molecule has 12 heteroatoms. The van der Waals surface area contributed by atoms with Crippen molar-refractivity contribution in [2.45, 2.75) is 43.5 Å². The number of halogens is 4. The molecule has 0 spiro atoms. The van der Waals surface area contributed by atoms with Gasteiger partial charge in [0.05, 0.1) is 17.5 Å². The lowest BCUT2D eigenvalue weighted by molar-refractivity contribution is -0.137. The van der Waals surface area contributed by atoms with E-state index in [0.29, 0.717) is 48.0 Å². The maximum atomic E-state index is 13.7. The Kier molecular flexibility index (Phi) is 5.27. The summed E-state index contributed by atoms with van der Waals surface area (Å²) in [6.07, 6.45) is -2.38. The highest BCUT2D eigenvalue weighted by Gasteiger charge is 2.70. The van der Waals surface area contributed by atoms with Crippen LogP contribution in [0.4, 0.5) is 33.9 Å². The third-order valence-corrected chi connectivity index (χ3v) is 6.98. The second-order valence-electron chi connectivity index (χ2n) is 9.55. The van der Waals surface area contributed by atoms with Crippen molar-refractivity contribution in [3.63, 3.8) is 0 Å². The van der Waals surface area contributed by atoms with E-state index in [1.54, 1.807) is 30.5 Å². The summed E-state index contributed by atoms with van der Waals surface area (Å²) in [6, 6.07) is 7.61. The Morgan fingerprint density at radius 1 is 1.18 bits per heavy atom. The maximum absolute atomic E-state index is 13.7. The Labute approximate surface area is 213 Å². The van der Waals surface area contributed by atoms with Crippen LogP contribution in [0.2, 0.25) is 0 Å². The molecule has 1 aromatic heterocycles. The SMILES string of the molecule is CC12Oc3ccc(Oc4ccnc5c4CCC(=O)N5)cc3[C@H]1[C@@H]2NC(=O)Nc1cc(F)cc(C(F)(F)F)c1. The van der Waals surface area contributed by atoms with E-state index in [1.165, 1.54) is 0 Å². The lowest BCUT2D eigenvalue weighted by Crippen LogP contribution is -2.37. The number of hydrogen-bond donors (Lipinski definition) is 3. The van der Waals surface area contributed by atoms with Crippen LogP contribution >= 0.6 is 0 Å². The molecule has 1 unspecified atom stereocenters. The number of hydrogen-bond acceptors (Lipinski definition) is 5. The van der Waals surface area contributed by atoms with Gasteiger partial charge >= 0.3 is 12.2 Å². The molecule has 1 fully saturated rings. The first kappa shape index (κ1) is 24.0. The van der Waals surface area contributed by atoms with Crippen LogP contribution in [0.15, 0.2) is 48.7 Å². The number of amides is 3. The number of pyridine rings is 1. The van der Waals surface area contributed by atoms with Gasteiger partial charge in [-0.1, -0.05) is 0 Å². The fourth-order valence-electron chi connectivity index (χ4n) is 5.11. The molecule has 3 aromatic rings. The van der Waals surface area contributed by atoms with Crippen LogP contribution in [0.3, 0.4) is 0 Å². The third-order valence-electron chi connectivity index (χ3n) is 6.98. The molecular formula is C26H20F4N4O4. The summed E-state index contributed by atoms with van der Waals surface area (Å²) in [5.74, 6) is 0.738. The largest absolute Gasteiger partial charge is 0.484 e. The van der Waals surface area contributed by atoms with Gasteiger partial charge in [-0.2, -0.15) is 13.2 Å². The topological polar surface area (TPSA) is 102 Å². The minimum atomic E-state index is -4.75. The number of ether oxygens (including phenoxy) is 2. The van der Waals surface area contributed by atoms with E-state index in [2.05, 4.69) is 20.9 Å². The summed E-state index contributed by atoms with van der Waals surface area (Å²) < 4.78 is 64.8. The highest BCUT2D eigenvalue weighted by molar-refractivity contribution is 5.93. The van der Waals surface area contributed by atoms with Gasteiger partial charge in [-0.05, 0) is 55.8 Å². The number of aromatic nitrogens is 1. The number of anilines is 2. The van der Waals surface area contributed by atoms with Crippen LogP contribution in [-0.2, 0) is 17.4 Å². The van der Waals surface area contributed by atoms with Crippen molar-refractivity contribution < 1.29 is 36.6 Å². The molecule has 38 heavy (non-hydrogen) atoms. The Balaban J connectivity index is 1.17. The van der Waals surface area contributed by atoms with Crippen molar-refractivity contribution in [3.8, 4) is 17.2 Å². The predicted molar refractivity (Wildman–Crippen MR) is 127 cm³/mol. The molecule has 0 bridgehead atoms. The number of carbonyl (C=O) groups excluding carboxylic acids is 2. The van der Waals surface area contributed by atoms with E-state index in [4.69, 9.17) is 9.47 Å². The Hall–Kier alpha value is -4.35. The highest BCUT2D eigenvalue weighted by atomic mass is 19.4. The van der Waals surface area contributed by atoms with Gasteiger partial charge in [-0.25, -0.2) is 14.2 Å². The first-order chi connectivity index (χ1) is 18.0. The van der Waals surface area contributed by atoms with Gasteiger partial charge in [-0.3, -0.25) is 4.79 Å². The van der Waals surface area contributed by atoms with Gasteiger partial charge in [0, 0.05) is 29.4 Å². The summed E-state index contributed by atoms with van der Waals surface area (Å²) in [6.45, 7) is 1.81. The monoisotopic (exact) mass is 528 g/mol. The quantitative estimate of drug-likeness (QED) is 0.396. The zero-order valence-corrected chi connectivity index (χ0v) is 19.8. The first-order valence-corrected chi connectivity index (χ1v) is 11.7. The number of benzene rings is 2. The van der Waals surface area contributed by atoms with Crippen LogP contribution in [0, 0.1) is 5.82 Å². The molecule has 2 aliphatic heterocycles. The van der Waals surface area contributed by atoms with Crippen molar-refractivity contribution in [2.75, 3.05) is 10.6 Å². The minimum Gasteiger partial charge on any atom is -0.484 e. The van der Waals surface area contributed by atoms with Crippen LogP contribution in [0.1, 0.15) is 36.0 Å². The van der Waals surface area contributed by atoms with Gasteiger partial charge in [-0.15, -0.1) is 0 Å². The lowest BCUT2D eigenvalue weighted by Gasteiger charge is -2.19. The van der Waals surface area contributed by atoms with Crippen molar-refractivity contribution >= 4 is 23.4 Å². The van der Waals surface area contributed by atoms with Gasteiger partial charge in [0.15, 0.2) is 0 Å². The van der Waals surface area contributed by atoms with Gasteiger partial charge in [0.1, 0.15) is 34.5 Å². The Bertz CT molecular complexity index is 1490. The summed E-state index contributed by atoms with van der Waals surface area (Å²) in [4.78, 5) is 28.4. The number of fused-ring (bicyclic) bond motifs is 4. The van der Waals surface area contributed by atoms with Crippen LogP contribution < -0.4 is 25.4 Å². The van der Waals surface area contributed by atoms with E-state index in [-0.39, 0.29) is 17.5 Å². The second kappa shape index (κ2) is 8.33. The zero-order chi connectivity index (χ0) is 26.8. The van der Waals surface area contributed by atoms with Crippen LogP contribution in [0.25, 0.3) is 0 Å². The lowest BCUT2D eigenvalue weighted by atomic mass is 10.1. The van der Waals surface area contributed by atoms with Crippen molar-refractivity contribution in [3.05, 3.63) is 71.2 Å². The number of carbonyl (C=O) groups is 2. The zero-order valence-electron chi connectivity index (χ0n) is 19.8. The number of nitrogens with zero attached hydrogens (tertiary/aromatic N) is 1. The molecule has 1 aliphatic carbocycles. The van der Waals surface area contributed by atoms with Gasteiger partial charge in [0.2, 0.25) is 5.91 Å². The van der Waals surface area contributed by atoms with Crippen LogP contribution in [-0.4, -0.2) is 28.6 Å². The van der Waals surface area contributed by atoms with E-state index in [9.17, 15) is 27.2 Å². The molecule has 0 saturated heterocycles. The summed E-state index contributed by atoms with van der Waals surface area (Å²) in [7, 11) is 0.